The molecule has 0 aliphatic rings. The van der Waals surface area contributed by atoms with Crippen molar-refractivity contribution >= 4 is 44.6 Å². The zero-order valence-electron chi connectivity index (χ0n) is 31.3. The molecule has 5 aromatic carbocycles. The maximum atomic E-state index is 14.2. The Morgan fingerprint density at radius 2 is 1.57 bits per heavy atom. The Labute approximate surface area is 313 Å². The minimum absolute atomic E-state index is 0.00643. The number of carbonyl (C=O) groups is 1. The minimum atomic E-state index is -4.28. The second-order valence-corrected chi connectivity index (χ2v) is 14.4. The first-order chi connectivity index (χ1) is 25.9. The molecule has 0 fully saturated rings. The van der Waals surface area contributed by atoms with Crippen LogP contribution in [0.1, 0.15) is 89.2 Å². The van der Waals surface area contributed by atoms with Gasteiger partial charge in [-0.25, -0.2) is 8.78 Å². The number of nitrogens with zero attached hydrogens (tertiary/aromatic N) is 2. The van der Waals surface area contributed by atoms with Gasteiger partial charge in [-0.2, -0.15) is 8.78 Å². The van der Waals surface area contributed by atoms with Crippen LogP contribution in [0.25, 0.3) is 32.6 Å². The number of benzene rings is 5. The van der Waals surface area contributed by atoms with Gasteiger partial charge in [-0.3, -0.25) is 4.79 Å². The van der Waals surface area contributed by atoms with Crippen molar-refractivity contribution in [1.29, 1.82) is 0 Å². The van der Waals surface area contributed by atoms with E-state index in [0.29, 0.717) is 22.6 Å². The van der Waals surface area contributed by atoms with Crippen LogP contribution in [0.15, 0.2) is 90.1 Å². The van der Waals surface area contributed by atoms with E-state index in [-0.39, 0.29) is 11.5 Å². The van der Waals surface area contributed by atoms with E-state index in [9.17, 15) is 27.6 Å². The van der Waals surface area contributed by atoms with Gasteiger partial charge in [0.25, 0.3) is 0 Å². The normalized spacial score (nSPS) is 13.4. The largest absolute Gasteiger partial charge is 0.487 e. The molecule has 54 heavy (non-hydrogen) atoms. The van der Waals surface area contributed by atoms with Crippen molar-refractivity contribution in [3.05, 3.63) is 124 Å². The molecule has 0 spiro atoms. The van der Waals surface area contributed by atoms with Crippen LogP contribution in [0.5, 0.6) is 5.75 Å². The number of carbonyl (C=O) groups excluding carboxylic acids is 1. The third-order valence-electron chi connectivity index (χ3n) is 10.6. The third kappa shape index (κ3) is 7.59. The standard InChI is InChI=1S/C45H46F4N2O3/c1-6-8-11-30(7-2)25-51-40-19-16-32(43(52)41-28(4)20-27(3)21-29(41)5)22-37(40)38-23-36(34-12-9-10-13-35(34)42(38)51)39(24-50-53)31-14-17-33(18-15-31)54-26-45(48,49)44(46)47/h9-10,12-24,30,39,44,53H,6-8,11,25-26H2,1-5H3. The highest BCUT2D eigenvalue weighted by molar-refractivity contribution is 6.21. The highest BCUT2D eigenvalue weighted by Gasteiger charge is 2.41. The highest BCUT2D eigenvalue weighted by Crippen LogP contribution is 2.41. The second kappa shape index (κ2) is 16.0. The number of unbranched alkanes of at least 4 members (excludes halogenated alkanes) is 1. The highest BCUT2D eigenvalue weighted by atomic mass is 19.3. The summed E-state index contributed by atoms with van der Waals surface area (Å²) in [7, 11) is 0. The number of aromatic nitrogens is 1. The van der Waals surface area contributed by atoms with E-state index >= 15 is 0 Å². The van der Waals surface area contributed by atoms with E-state index in [2.05, 4.69) is 41.8 Å². The van der Waals surface area contributed by atoms with Crippen LogP contribution in [0.4, 0.5) is 17.6 Å². The first-order valence-electron chi connectivity index (χ1n) is 18.5. The lowest BCUT2D eigenvalue weighted by Gasteiger charge is -2.20. The van der Waals surface area contributed by atoms with Crippen LogP contribution < -0.4 is 4.74 Å². The first kappa shape index (κ1) is 38.5. The van der Waals surface area contributed by atoms with Gasteiger partial charge in [0.1, 0.15) is 5.75 Å². The Balaban J connectivity index is 1.55. The lowest BCUT2D eigenvalue weighted by Crippen LogP contribution is -2.33. The Hall–Kier alpha value is -5.18. The molecule has 0 amide bonds. The van der Waals surface area contributed by atoms with E-state index < -0.39 is 24.9 Å². The molecule has 0 bridgehead atoms. The molecule has 0 saturated carbocycles. The van der Waals surface area contributed by atoms with Crippen molar-refractivity contribution in [3.63, 3.8) is 0 Å². The molecule has 0 aliphatic heterocycles. The number of oxime groups is 1. The smallest absolute Gasteiger partial charge is 0.340 e. The summed E-state index contributed by atoms with van der Waals surface area (Å²) in [6.45, 7) is 9.74. The van der Waals surface area contributed by atoms with Gasteiger partial charge < -0.3 is 14.5 Å². The molecule has 1 aromatic heterocycles. The Morgan fingerprint density at radius 1 is 0.889 bits per heavy atom. The van der Waals surface area contributed by atoms with Crippen LogP contribution in [0.2, 0.25) is 0 Å². The topological polar surface area (TPSA) is 63.8 Å². The van der Waals surface area contributed by atoms with Crippen molar-refractivity contribution in [1.82, 2.24) is 4.57 Å². The van der Waals surface area contributed by atoms with E-state index in [0.717, 1.165) is 87.1 Å². The summed E-state index contributed by atoms with van der Waals surface area (Å²) in [5, 5.41) is 17.2. The van der Waals surface area contributed by atoms with Gasteiger partial charge in [-0.05, 0) is 97.1 Å². The number of ketones is 1. The number of alkyl halides is 4. The first-order valence-corrected chi connectivity index (χ1v) is 18.5. The molecule has 282 valence electrons. The zero-order valence-corrected chi connectivity index (χ0v) is 31.3. The van der Waals surface area contributed by atoms with Crippen LogP contribution in [-0.2, 0) is 6.54 Å². The molecule has 2 atom stereocenters. The summed E-state index contributed by atoms with van der Waals surface area (Å²) < 4.78 is 60.0. The Bertz CT molecular complexity index is 2310. The van der Waals surface area contributed by atoms with Crippen molar-refractivity contribution < 1.29 is 32.3 Å². The number of aryl methyl sites for hydroxylation is 3. The van der Waals surface area contributed by atoms with Gasteiger partial charge in [0.05, 0.1) is 11.7 Å². The van der Waals surface area contributed by atoms with Gasteiger partial charge in [0.2, 0.25) is 0 Å². The number of halogens is 4. The molecule has 6 rings (SSSR count). The average molecular weight is 739 g/mol. The zero-order chi connectivity index (χ0) is 38.7. The second-order valence-electron chi connectivity index (χ2n) is 14.4. The molecule has 9 heteroatoms. The predicted molar refractivity (Wildman–Crippen MR) is 209 cm³/mol. The molecule has 1 heterocycles. The fourth-order valence-electron chi connectivity index (χ4n) is 7.86. The number of fused-ring (bicyclic) bond motifs is 5. The van der Waals surface area contributed by atoms with Gasteiger partial charge in [-0.1, -0.05) is 87.2 Å². The fraction of sp³-hybridized carbons (Fsp3) is 0.333. The molecule has 1 N–H and O–H groups in total. The minimum Gasteiger partial charge on any atom is -0.487 e. The average Bonchev–Trinajstić information content (AvgIpc) is 3.46. The summed E-state index contributed by atoms with van der Waals surface area (Å²) in [6.07, 6.45) is 1.93. The number of hydrogen-bond donors (Lipinski definition) is 1. The lowest BCUT2D eigenvalue weighted by molar-refractivity contribution is -0.148. The predicted octanol–water partition coefficient (Wildman–Crippen LogP) is 12.2. The summed E-state index contributed by atoms with van der Waals surface area (Å²) in [5.74, 6) is -4.46. The van der Waals surface area contributed by atoms with E-state index in [4.69, 9.17) is 4.74 Å². The van der Waals surface area contributed by atoms with E-state index in [1.807, 2.05) is 63.2 Å². The maximum Gasteiger partial charge on any atom is 0.340 e. The van der Waals surface area contributed by atoms with E-state index in [1.165, 1.54) is 18.3 Å². The summed E-state index contributed by atoms with van der Waals surface area (Å²) in [5.41, 5.74) is 7.81. The SMILES string of the molecule is CCCCC(CC)Cn1c2ccc(C(=O)c3c(C)cc(C)cc3C)cc2c2cc(C(C=NO)c3ccc(OCC(F)(F)C(F)F)cc3)c3ccccc3c21. The molecular formula is C45H46F4N2O3. The quantitative estimate of drug-likeness (QED) is 0.0375. The number of rotatable bonds is 15. The van der Waals surface area contributed by atoms with Crippen LogP contribution in [0.3, 0.4) is 0 Å². The molecular weight excluding hydrogens is 692 g/mol. The molecule has 0 aliphatic carbocycles. The van der Waals surface area contributed by atoms with E-state index in [1.54, 1.807) is 12.1 Å². The van der Waals surface area contributed by atoms with Crippen molar-refractivity contribution in [3.8, 4) is 5.75 Å². The van der Waals surface area contributed by atoms with Crippen LogP contribution in [0, 0.1) is 26.7 Å². The van der Waals surface area contributed by atoms with Crippen molar-refractivity contribution in [2.24, 2.45) is 11.1 Å². The summed E-state index contributed by atoms with van der Waals surface area (Å²) in [4.78, 5) is 14.2. The molecule has 0 radical (unpaired) electrons. The Morgan fingerprint density at radius 3 is 2.20 bits per heavy atom. The lowest BCUT2D eigenvalue weighted by atomic mass is 9.87. The van der Waals surface area contributed by atoms with Crippen molar-refractivity contribution in [2.45, 2.75) is 85.1 Å². The van der Waals surface area contributed by atoms with Crippen LogP contribution >= 0.6 is 0 Å². The molecule has 5 nitrogen and oxygen atoms in total. The number of ether oxygens (including phenoxy) is 1. The Kier molecular flexibility index (Phi) is 11.5. The van der Waals surface area contributed by atoms with Gasteiger partial charge >= 0.3 is 12.3 Å². The third-order valence-corrected chi connectivity index (χ3v) is 10.6. The molecule has 0 saturated heterocycles. The van der Waals surface area contributed by atoms with Gasteiger partial charge in [0.15, 0.2) is 12.4 Å². The maximum absolute atomic E-state index is 14.2. The number of hydrogen-bond acceptors (Lipinski definition) is 4. The fourth-order valence-corrected chi connectivity index (χ4v) is 7.86. The van der Waals surface area contributed by atoms with Gasteiger partial charge in [-0.15, -0.1) is 5.16 Å². The molecule has 6 aromatic rings. The summed E-state index contributed by atoms with van der Waals surface area (Å²) >= 11 is 0. The van der Waals surface area contributed by atoms with Crippen LogP contribution in [-0.4, -0.2) is 40.7 Å². The van der Waals surface area contributed by atoms with Crippen molar-refractivity contribution in [2.75, 3.05) is 6.61 Å². The monoisotopic (exact) mass is 738 g/mol. The molecule has 2 unspecified atom stereocenters. The summed E-state index contributed by atoms with van der Waals surface area (Å²) in [6, 6.07) is 26.4. The van der Waals surface area contributed by atoms with Gasteiger partial charge in [0, 0.05) is 45.3 Å².